The van der Waals surface area contributed by atoms with Crippen LogP contribution in [0.3, 0.4) is 0 Å². The fourth-order valence-electron chi connectivity index (χ4n) is 2.39. The first kappa shape index (κ1) is 22.0. The second kappa shape index (κ2) is 10.3. The van der Waals surface area contributed by atoms with Crippen LogP contribution >= 0.6 is 11.6 Å². The number of esters is 1. The first-order chi connectivity index (χ1) is 13.8. The molecule has 0 aliphatic heterocycles. The van der Waals surface area contributed by atoms with Gasteiger partial charge in [0.15, 0.2) is 0 Å². The number of methoxy groups -OCH3 is 2. The molecule has 0 aliphatic rings. The molecule has 2 aromatic rings. The van der Waals surface area contributed by atoms with Crippen molar-refractivity contribution in [2.45, 2.75) is 0 Å². The number of hydrogen-bond acceptors (Lipinski definition) is 5. The molecule has 29 heavy (non-hydrogen) atoms. The number of carbonyl (C=O) groups excluding carboxylic acids is 3. The van der Waals surface area contributed by atoms with Crippen molar-refractivity contribution < 1.29 is 23.9 Å². The summed E-state index contributed by atoms with van der Waals surface area (Å²) < 4.78 is 9.78. The van der Waals surface area contributed by atoms with E-state index >= 15 is 0 Å². The molecule has 8 heteroatoms. The second-order valence-corrected chi connectivity index (χ2v) is 6.45. The summed E-state index contributed by atoms with van der Waals surface area (Å²) in [5, 5.41) is 2.85. The van der Waals surface area contributed by atoms with E-state index in [1.165, 1.54) is 43.3 Å². The van der Waals surface area contributed by atoms with Crippen molar-refractivity contribution in [3.8, 4) is 5.75 Å². The van der Waals surface area contributed by atoms with E-state index in [2.05, 4.69) is 10.1 Å². The Bertz CT molecular complexity index is 942. The minimum atomic E-state index is -0.549. The molecule has 0 heterocycles. The summed E-state index contributed by atoms with van der Waals surface area (Å²) in [7, 11) is 4.33. The maximum absolute atomic E-state index is 12.3. The molecule has 2 amide bonds. The molecule has 152 valence electrons. The van der Waals surface area contributed by atoms with E-state index in [1.807, 2.05) is 12.1 Å². The third-order valence-corrected chi connectivity index (χ3v) is 4.26. The molecule has 0 radical (unpaired) electrons. The van der Waals surface area contributed by atoms with Gasteiger partial charge in [-0.05, 0) is 42.0 Å². The molecule has 0 aromatic heterocycles. The van der Waals surface area contributed by atoms with E-state index in [1.54, 1.807) is 25.3 Å². The predicted molar refractivity (Wildman–Crippen MR) is 111 cm³/mol. The highest BCUT2D eigenvalue weighted by atomic mass is 35.5. The number of rotatable bonds is 7. The highest BCUT2D eigenvalue weighted by Gasteiger charge is 2.14. The Morgan fingerprint density at radius 2 is 1.90 bits per heavy atom. The van der Waals surface area contributed by atoms with Gasteiger partial charge in [0.1, 0.15) is 5.75 Å². The lowest BCUT2D eigenvalue weighted by Crippen LogP contribution is -2.34. The summed E-state index contributed by atoms with van der Waals surface area (Å²) >= 11 is 6.06. The zero-order valence-electron chi connectivity index (χ0n) is 16.3. The quantitative estimate of drug-likeness (QED) is 0.553. The zero-order valence-corrected chi connectivity index (χ0v) is 17.0. The van der Waals surface area contributed by atoms with Gasteiger partial charge in [-0.25, -0.2) is 4.79 Å². The van der Waals surface area contributed by atoms with Gasteiger partial charge >= 0.3 is 5.97 Å². The molecular weight excluding hydrogens is 396 g/mol. The van der Waals surface area contributed by atoms with E-state index in [0.29, 0.717) is 5.75 Å². The molecule has 0 spiro atoms. The SMILES string of the molecule is COC(=O)c1ccc(Cl)c(NC(=O)CN(C)C(=O)/C=C/c2cccc(OC)c2)c1. The Morgan fingerprint density at radius 1 is 1.14 bits per heavy atom. The number of anilines is 1. The van der Waals surface area contributed by atoms with Gasteiger partial charge in [0, 0.05) is 13.1 Å². The van der Waals surface area contributed by atoms with Crippen LogP contribution in [0.1, 0.15) is 15.9 Å². The normalized spacial score (nSPS) is 10.5. The van der Waals surface area contributed by atoms with Crippen molar-refractivity contribution in [3.63, 3.8) is 0 Å². The summed E-state index contributed by atoms with van der Waals surface area (Å²) in [6.45, 7) is -0.194. The van der Waals surface area contributed by atoms with Gasteiger partial charge in [-0.15, -0.1) is 0 Å². The Labute approximate surface area is 173 Å². The topological polar surface area (TPSA) is 84.9 Å². The van der Waals surface area contributed by atoms with Crippen LogP contribution in [0.25, 0.3) is 6.08 Å². The average molecular weight is 417 g/mol. The van der Waals surface area contributed by atoms with Crippen LogP contribution in [0.15, 0.2) is 48.5 Å². The minimum absolute atomic E-state index is 0.194. The molecule has 0 atom stereocenters. The largest absolute Gasteiger partial charge is 0.497 e. The lowest BCUT2D eigenvalue weighted by atomic mass is 10.2. The first-order valence-electron chi connectivity index (χ1n) is 8.59. The molecule has 0 fully saturated rings. The van der Waals surface area contributed by atoms with Gasteiger partial charge in [0.05, 0.1) is 37.0 Å². The highest BCUT2D eigenvalue weighted by Crippen LogP contribution is 2.23. The van der Waals surface area contributed by atoms with Crippen LogP contribution in [0.2, 0.25) is 5.02 Å². The van der Waals surface area contributed by atoms with Gasteiger partial charge in [-0.3, -0.25) is 9.59 Å². The van der Waals surface area contributed by atoms with Crippen molar-refractivity contribution in [3.05, 3.63) is 64.7 Å². The summed E-state index contributed by atoms with van der Waals surface area (Å²) in [6.07, 6.45) is 3.00. The van der Waals surface area contributed by atoms with Crippen LogP contribution in [0.5, 0.6) is 5.75 Å². The van der Waals surface area contributed by atoms with Crippen LogP contribution in [0.4, 0.5) is 5.69 Å². The van der Waals surface area contributed by atoms with Crippen molar-refractivity contribution >= 4 is 41.1 Å². The summed E-state index contributed by atoms with van der Waals surface area (Å²) in [5.41, 5.74) is 1.30. The van der Waals surface area contributed by atoms with E-state index in [9.17, 15) is 14.4 Å². The van der Waals surface area contributed by atoms with E-state index in [-0.39, 0.29) is 28.7 Å². The molecule has 1 N–H and O–H groups in total. The number of likely N-dealkylation sites (N-methyl/N-ethyl adjacent to an activating group) is 1. The fraction of sp³-hybridized carbons (Fsp3) is 0.190. The third kappa shape index (κ3) is 6.36. The summed E-state index contributed by atoms with van der Waals surface area (Å²) in [4.78, 5) is 37.4. The Morgan fingerprint density at radius 3 is 2.59 bits per heavy atom. The smallest absolute Gasteiger partial charge is 0.337 e. The second-order valence-electron chi connectivity index (χ2n) is 6.04. The van der Waals surface area contributed by atoms with E-state index < -0.39 is 11.9 Å². The summed E-state index contributed by atoms with van der Waals surface area (Å²) in [6, 6.07) is 11.6. The Balaban J connectivity index is 1.98. The molecule has 0 aliphatic carbocycles. The molecule has 0 saturated heterocycles. The van der Waals surface area contributed by atoms with Crippen molar-refractivity contribution in [1.82, 2.24) is 4.90 Å². The van der Waals surface area contributed by atoms with Crippen LogP contribution in [0, 0.1) is 0 Å². The zero-order chi connectivity index (χ0) is 21.4. The van der Waals surface area contributed by atoms with E-state index in [0.717, 1.165) is 5.56 Å². The van der Waals surface area contributed by atoms with E-state index in [4.69, 9.17) is 16.3 Å². The fourth-order valence-corrected chi connectivity index (χ4v) is 2.55. The predicted octanol–water partition coefficient (Wildman–Crippen LogP) is 3.25. The lowest BCUT2D eigenvalue weighted by molar-refractivity contribution is -0.129. The van der Waals surface area contributed by atoms with Crippen molar-refractivity contribution in [2.24, 2.45) is 0 Å². The third-order valence-electron chi connectivity index (χ3n) is 3.93. The standard InChI is InChI=1S/C21H21ClN2O5/c1-24(20(26)10-7-14-5-4-6-16(11-14)28-2)13-19(25)23-18-12-15(21(27)29-3)8-9-17(18)22/h4-12H,13H2,1-3H3,(H,23,25)/b10-7+. The number of amides is 2. The number of hydrogen-bond donors (Lipinski definition) is 1. The monoisotopic (exact) mass is 416 g/mol. The lowest BCUT2D eigenvalue weighted by Gasteiger charge is -2.15. The van der Waals surface area contributed by atoms with Crippen LogP contribution in [-0.4, -0.2) is 50.5 Å². The molecule has 2 aromatic carbocycles. The molecule has 0 saturated carbocycles. The van der Waals surface area contributed by atoms with Crippen molar-refractivity contribution in [1.29, 1.82) is 0 Å². The number of benzene rings is 2. The summed E-state index contributed by atoms with van der Waals surface area (Å²) in [5.74, 6) is -0.678. The maximum atomic E-state index is 12.3. The van der Waals surface area contributed by atoms with Gasteiger partial charge in [-0.2, -0.15) is 0 Å². The Hall–Kier alpha value is -3.32. The number of halogens is 1. The average Bonchev–Trinajstić information content (AvgIpc) is 2.72. The first-order valence-corrected chi connectivity index (χ1v) is 8.96. The van der Waals surface area contributed by atoms with Gasteiger partial charge < -0.3 is 19.7 Å². The van der Waals surface area contributed by atoms with Crippen molar-refractivity contribution in [2.75, 3.05) is 33.1 Å². The minimum Gasteiger partial charge on any atom is -0.497 e. The van der Waals surface area contributed by atoms with Gasteiger partial charge in [-0.1, -0.05) is 23.7 Å². The van der Waals surface area contributed by atoms with Gasteiger partial charge in [0.2, 0.25) is 11.8 Å². The van der Waals surface area contributed by atoms with Gasteiger partial charge in [0.25, 0.3) is 0 Å². The Kier molecular flexibility index (Phi) is 7.79. The number of carbonyl (C=O) groups is 3. The molecular formula is C21H21ClN2O5. The molecule has 2 rings (SSSR count). The maximum Gasteiger partial charge on any atom is 0.337 e. The molecule has 0 bridgehead atoms. The number of ether oxygens (including phenoxy) is 2. The molecule has 0 unspecified atom stereocenters. The van der Waals surface area contributed by atoms with Crippen LogP contribution in [-0.2, 0) is 14.3 Å². The van der Waals surface area contributed by atoms with Crippen LogP contribution < -0.4 is 10.1 Å². The number of nitrogens with one attached hydrogen (secondary N) is 1. The highest BCUT2D eigenvalue weighted by molar-refractivity contribution is 6.33. The number of nitrogens with zero attached hydrogens (tertiary/aromatic N) is 1. The molecule has 7 nitrogen and oxygen atoms in total.